The van der Waals surface area contributed by atoms with Gasteiger partial charge in [0.05, 0.1) is 24.4 Å². The lowest BCUT2D eigenvalue weighted by atomic mass is 10.0. The molecule has 1 aromatic carbocycles. The lowest BCUT2D eigenvalue weighted by molar-refractivity contribution is 0.387. The quantitative estimate of drug-likeness (QED) is 0.765. The fraction of sp³-hybridized carbons (Fsp3) is 0.389. The van der Waals surface area contributed by atoms with E-state index in [4.69, 9.17) is 4.74 Å². The van der Waals surface area contributed by atoms with Gasteiger partial charge in [-0.05, 0) is 26.3 Å². The first-order chi connectivity index (χ1) is 12.0. The van der Waals surface area contributed by atoms with Gasteiger partial charge in [-0.15, -0.1) is 0 Å². The van der Waals surface area contributed by atoms with Gasteiger partial charge >= 0.3 is 0 Å². The number of methoxy groups -OCH3 is 1. The Morgan fingerprint density at radius 3 is 2.64 bits per heavy atom. The number of anilines is 1. The molecule has 1 atom stereocenters. The Balaban J connectivity index is 2.06. The molecule has 0 fully saturated rings. The molecule has 2 aromatic heterocycles. The molecule has 0 saturated heterocycles. The summed E-state index contributed by atoms with van der Waals surface area (Å²) >= 11 is 0. The number of rotatable bonds is 5. The van der Waals surface area contributed by atoms with E-state index in [-0.39, 0.29) is 11.8 Å². The summed E-state index contributed by atoms with van der Waals surface area (Å²) in [4.78, 5) is 8.52. The highest BCUT2D eigenvalue weighted by Gasteiger charge is 2.20. The Kier molecular flexibility index (Phi) is 4.57. The molecule has 6 nitrogen and oxygen atoms in total. The number of fused-ring (bicyclic) bond motifs is 1. The zero-order valence-electron chi connectivity index (χ0n) is 15.1. The Morgan fingerprint density at radius 2 is 2.04 bits per heavy atom. The summed E-state index contributed by atoms with van der Waals surface area (Å²) in [6, 6.07) is 3.04. The largest absolute Gasteiger partial charge is 0.494 e. The zero-order valence-corrected chi connectivity index (χ0v) is 15.1. The fourth-order valence-electron chi connectivity index (χ4n) is 3.17. The third kappa shape index (κ3) is 3.01. The summed E-state index contributed by atoms with van der Waals surface area (Å²) in [5.74, 6) is 0.385. The molecule has 0 radical (unpaired) electrons. The van der Waals surface area contributed by atoms with Gasteiger partial charge in [0, 0.05) is 29.8 Å². The van der Waals surface area contributed by atoms with E-state index in [0.29, 0.717) is 11.3 Å². The molecule has 7 heteroatoms. The molecule has 0 spiro atoms. The Morgan fingerprint density at radius 1 is 1.28 bits per heavy atom. The average molecular weight is 343 g/mol. The van der Waals surface area contributed by atoms with E-state index >= 15 is 0 Å². The van der Waals surface area contributed by atoms with Crippen molar-refractivity contribution in [2.45, 2.75) is 33.2 Å². The van der Waals surface area contributed by atoms with Crippen LogP contribution in [0.2, 0.25) is 0 Å². The number of nitrogens with one attached hydrogen (secondary N) is 1. The number of hydrogen-bond donors (Lipinski definition) is 1. The van der Waals surface area contributed by atoms with Crippen molar-refractivity contribution in [1.82, 2.24) is 19.7 Å². The van der Waals surface area contributed by atoms with Crippen molar-refractivity contribution >= 4 is 16.7 Å². The number of halogens is 1. The van der Waals surface area contributed by atoms with Crippen molar-refractivity contribution < 1.29 is 9.13 Å². The molecule has 0 amide bonds. The minimum absolute atomic E-state index is 0.0443. The molecule has 2 heterocycles. The molecule has 1 N–H and O–H groups in total. The lowest BCUT2D eigenvalue weighted by Crippen LogP contribution is -2.13. The first kappa shape index (κ1) is 17.1. The summed E-state index contributed by atoms with van der Waals surface area (Å²) in [7, 11) is 3.38. The molecular weight excluding hydrogens is 321 g/mol. The second-order valence-electron chi connectivity index (χ2n) is 6.04. The maximum absolute atomic E-state index is 13.9. The molecule has 0 aliphatic heterocycles. The van der Waals surface area contributed by atoms with Crippen LogP contribution in [-0.2, 0) is 7.05 Å². The van der Waals surface area contributed by atoms with Crippen LogP contribution in [0.3, 0.4) is 0 Å². The van der Waals surface area contributed by atoms with Crippen LogP contribution in [0.5, 0.6) is 5.75 Å². The number of hydrogen-bond acceptors (Lipinski definition) is 5. The molecule has 25 heavy (non-hydrogen) atoms. The predicted molar refractivity (Wildman–Crippen MR) is 95.4 cm³/mol. The van der Waals surface area contributed by atoms with E-state index in [9.17, 15) is 4.39 Å². The van der Waals surface area contributed by atoms with Crippen LogP contribution in [0.4, 0.5) is 10.2 Å². The number of nitrogens with zero attached hydrogens (tertiary/aromatic N) is 4. The van der Waals surface area contributed by atoms with Gasteiger partial charge in [-0.1, -0.05) is 6.92 Å². The molecule has 0 aliphatic rings. The summed E-state index contributed by atoms with van der Waals surface area (Å²) in [6.45, 7) is 6.16. The summed E-state index contributed by atoms with van der Waals surface area (Å²) in [6.07, 6.45) is 2.30. The Hall–Kier alpha value is -2.70. The number of benzene rings is 1. The van der Waals surface area contributed by atoms with Crippen LogP contribution in [0.1, 0.15) is 36.3 Å². The van der Waals surface area contributed by atoms with E-state index in [1.54, 1.807) is 6.07 Å². The Labute approximate surface area is 146 Å². The van der Waals surface area contributed by atoms with Crippen molar-refractivity contribution in [3.8, 4) is 5.75 Å². The smallest absolute Gasteiger partial charge is 0.167 e. The highest BCUT2D eigenvalue weighted by Crippen LogP contribution is 2.32. The molecule has 132 valence electrons. The van der Waals surface area contributed by atoms with Gasteiger partial charge in [-0.2, -0.15) is 5.10 Å². The van der Waals surface area contributed by atoms with Gasteiger partial charge in [0.1, 0.15) is 12.1 Å². The van der Waals surface area contributed by atoms with Gasteiger partial charge in [-0.3, -0.25) is 4.68 Å². The van der Waals surface area contributed by atoms with E-state index in [1.807, 2.05) is 18.7 Å². The number of aromatic nitrogens is 4. The van der Waals surface area contributed by atoms with Crippen LogP contribution >= 0.6 is 0 Å². The second kappa shape index (κ2) is 6.66. The molecular formula is C18H22FN5O. The predicted octanol–water partition coefficient (Wildman–Crippen LogP) is 3.69. The third-order valence-electron chi connectivity index (χ3n) is 4.54. The monoisotopic (exact) mass is 343 g/mol. The van der Waals surface area contributed by atoms with E-state index in [0.717, 1.165) is 28.8 Å². The Bertz CT molecular complexity index is 921. The second-order valence-corrected chi connectivity index (χ2v) is 6.04. The third-order valence-corrected chi connectivity index (χ3v) is 4.54. The molecule has 3 rings (SSSR count). The van der Waals surface area contributed by atoms with Crippen LogP contribution < -0.4 is 10.1 Å². The van der Waals surface area contributed by atoms with Crippen molar-refractivity contribution in [2.75, 3.05) is 12.4 Å². The lowest BCUT2D eigenvalue weighted by Gasteiger charge is -2.19. The maximum atomic E-state index is 13.9. The number of ether oxygens (including phenoxy) is 1. The zero-order chi connectivity index (χ0) is 18.1. The summed E-state index contributed by atoms with van der Waals surface area (Å²) in [5, 5.41) is 8.69. The standard InChI is InChI=1S/C18H22FN5O/c1-6-14(17-10(2)23-24(4)11(17)3)22-18-12-7-16(25-5)13(19)8-15(12)20-9-21-18/h7-9,14H,6H2,1-5H3,(H,20,21,22). The minimum atomic E-state index is -0.439. The van der Waals surface area contributed by atoms with E-state index in [2.05, 4.69) is 34.2 Å². The van der Waals surface area contributed by atoms with Crippen molar-refractivity contribution in [1.29, 1.82) is 0 Å². The topological polar surface area (TPSA) is 64.9 Å². The van der Waals surface area contributed by atoms with Crippen LogP contribution in [0.25, 0.3) is 10.9 Å². The first-order valence-corrected chi connectivity index (χ1v) is 8.21. The van der Waals surface area contributed by atoms with Gasteiger partial charge in [0.2, 0.25) is 0 Å². The summed E-state index contributed by atoms with van der Waals surface area (Å²) < 4.78 is 20.9. The van der Waals surface area contributed by atoms with Gasteiger partial charge in [0.15, 0.2) is 11.6 Å². The molecule has 0 aliphatic carbocycles. The first-order valence-electron chi connectivity index (χ1n) is 8.21. The fourth-order valence-corrected chi connectivity index (χ4v) is 3.17. The molecule has 1 unspecified atom stereocenters. The molecule has 3 aromatic rings. The van der Waals surface area contributed by atoms with Crippen molar-refractivity contribution in [2.24, 2.45) is 7.05 Å². The van der Waals surface area contributed by atoms with Crippen molar-refractivity contribution in [3.63, 3.8) is 0 Å². The average Bonchev–Trinajstić information content (AvgIpc) is 2.84. The highest BCUT2D eigenvalue weighted by atomic mass is 19.1. The van der Waals surface area contributed by atoms with Crippen LogP contribution in [-0.4, -0.2) is 26.9 Å². The SMILES string of the molecule is CCC(Nc1ncnc2cc(F)c(OC)cc12)c1c(C)nn(C)c1C. The number of aryl methyl sites for hydroxylation is 2. The highest BCUT2D eigenvalue weighted by molar-refractivity contribution is 5.90. The van der Waals surface area contributed by atoms with Crippen LogP contribution in [0, 0.1) is 19.7 Å². The van der Waals surface area contributed by atoms with Crippen molar-refractivity contribution in [3.05, 3.63) is 41.2 Å². The van der Waals surface area contributed by atoms with Gasteiger partial charge in [-0.25, -0.2) is 14.4 Å². The maximum Gasteiger partial charge on any atom is 0.167 e. The molecule has 0 bridgehead atoms. The summed E-state index contributed by atoms with van der Waals surface area (Å²) in [5.41, 5.74) is 3.79. The molecule has 0 saturated carbocycles. The van der Waals surface area contributed by atoms with Gasteiger partial charge < -0.3 is 10.1 Å². The van der Waals surface area contributed by atoms with Gasteiger partial charge in [0.25, 0.3) is 0 Å². The van der Waals surface area contributed by atoms with E-state index < -0.39 is 5.82 Å². The van der Waals surface area contributed by atoms with E-state index in [1.165, 1.54) is 19.5 Å². The van der Waals surface area contributed by atoms with Crippen LogP contribution in [0.15, 0.2) is 18.5 Å². The normalized spacial score (nSPS) is 12.4. The minimum Gasteiger partial charge on any atom is -0.494 e.